The van der Waals surface area contributed by atoms with Gasteiger partial charge < -0.3 is 0 Å². The highest BCUT2D eigenvalue weighted by Gasteiger charge is 2.68. The number of hydrogen-bond acceptors (Lipinski definition) is 1. The lowest BCUT2D eigenvalue weighted by Gasteiger charge is -2.63. The van der Waals surface area contributed by atoms with Crippen LogP contribution < -0.4 is 0 Å². The summed E-state index contributed by atoms with van der Waals surface area (Å²) < 4.78 is 0. The molecule has 706 valence electrons. The van der Waals surface area contributed by atoms with E-state index in [1.54, 1.807) is 0 Å². The van der Waals surface area contributed by atoms with E-state index in [9.17, 15) is 0 Å². The van der Waals surface area contributed by atoms with E-state index in [2.05, 4.69) is 524 Å². The fourth-order valence-electron chi connectivity index (χ4n) is 7.30. The SMILES string of the molecule is N#CP(P(P(P(P(P)P)P(P)P)P(P(P)PP)P(P(P)P)P(P)P)P(P(P(P(P)P)P(P)P)P(P(P)P)P(P)P)P(P(P(P)P)P(P)P)P(P(P)P)P(P)P)P(P(P(P(P(P)P)P(P)P)P(P(P)P)P(P)P)P(P(P(P)P)P(P)P)P(P(P)P)P(P)P)P(P(P(P(P)P)P(P)P)P(P(P)P)P(P)P)P(P(P(P)P)P(P)P)P(P(P)P)P(P)P. The summed E-state index contributed by atoms with van der Waals surface area (Å²) in [5.74, 6) is 4.68. The second-order valence-corrected chi connectivity index (χ2v) is 500. The van der Waals surface area contributed by atoms with Crippen molar-refractivity contribution < 1.29 is 0 Å². The molecule has 0 aliphatic heterocycles. The van der Waals surface area contributed by atoms with Crippen molar-refractivity contribution in [1.82, 2.24) is 0 Å². The maximum atomic E-state index is 16.3. The van der Waals surface area contributed by atoms with Crippen LogP contribution in [-0.4, -0.2) is 0 Å². The summed E-state index contributed by atoms with van der Waals surface area (Å²) in [6.07, 6.45) is 0. The average Bonchev–Trinajstić information content (AvgIpc) is 0.709. The zero-order valence-corrected chi connectivity index (χ0v) is 179. The molecule has 0 radical (unpaired) electrons. The Morgan fingerprint density at radius 3 is 0.271 bits per heavy atom. The van der Waals surface area contributed by atoms with Crippen LogP contribution in [0.3, 0.4) is 0 Å². The number of nitriles is 1. The monoisotopic (exact) mass is 3740 g/mol. The minimum atomic E-state index is -1.38. The molecule has 0 fully saturated rings. The molecule has 0 bridgehead atoms. The van der Waals surface area contributed by atoms with Gasteiger partial charge in [-0.05, 0) is 349 Å². The minimum Gasteiger partial charge on any atom is -0.193 e. The largest absolute Gasteiger partial charge is 0.193 e. The van der Waals surface area contributed by atoms with Gasteiger partial charge in [-0.3, -0.25) is 0 Å². The van der Waals surface area contributed by atoms with Crippen LogP contribution in [0.15, 0.2) is 0 Å². The number of hydrogen-bond donors (Lipinski definition) is 0. The first-order chi connectivity index (χ1) is 53.8. The highest BCUT2D eigenvalue weighted by molar-refractivity contribution is 9.60. The lowest BCUT2D eigenvalue weighted by atomic mass is 11.8. The third kappa shape index (κ3) is 58.1. The van der Waals surface area contributed by atoms with Gasteiger partial charge >= 0.3 is 0 Å². The van der Waals surface area contributed by atoms with Gasteiger partial charge in [0.15, 0.2) is 0 Å². The highest BCUT2D eigenvalue weighted by Crippen LogP contribution is 3.54. The van der Waals surface area contributed by atoms with Gasteiger partial charge in [-0.15, -0.1) is 518 Å². The van der Waals surface area contributed by atoms with Gasteiger partial charge in [0.25, 0.3) is 0 Å². The summed E-state index contributed by atoms with van der Waals surface area (Å²) in [5.41, 5.74) is 0. The van der Waals surface area contributed by atoms with Gasteiger partial charge in [0.1, 0.15) is 0 Å². The van der Waals surface area contributed by atoms with Crippen molar-refractivity contribution in [2.75, 3.05) is 0 Å². The van der Waals surface area contributed by atoms with Crippen molar-refractivity contribution in [2.24, 2.45) is 0 Å². The van der Waals surface area contributed by atoms with Crippen molar-refractivity contribution in [3.63, 3.8) is 0 Å². The zero-order chi connectivity index (χ0) is 93.3. The van der Waals surface area contributed by atoms with Gasteiger partial charge in [-0.25, -0.2) is 0 Å². The minimum absolute atomic E-state index is 0.496. The Labute approximate surface area is 920 Å². The molecule has 64 unspecified atom stereocenters. The van der Waals surface area contributed by atoms with Crippen molar-refractivity contribution in [1.29, 1.82) is 5.26 Å². The molecule has 118 heavy (non-hydrogen) atoms. The van der Waals surface area contributed by atoms with Crippen LogP contribution in [0.5, 0.6) is 0 Å². The highest BCUT2D eigenvalue weighted by atomic mass is 33.6. The molecule has 0 saturated carbocycles. The van der Waals surface area contributed by atoms with Gasteiger partial charge in [0.05, 0.1) is 13.1 Å². The molecule has 0 N–H and O–H groups in total. The molecule has 0 spiro atoms. The van der Waals surface area contributed by atoms with Crippen LogP contribution in [-0.2, 0) is 0 Å². The van der Waals surface area contributed by atoms with Crippen LogP contribution >= 0.6 is 924 Å². The van der Waals surface area contributed by atoms with Gasteiger partial charge in [-0.1, -0.05) is 7.96 Å². The van der Waals surface area contributed by atoms with E-state index >= 15 is 5.26 Å². The van der Waals surface area contributed by atoms with E-state index in [0.717, 1.165) is 7.96 Å². The third-order valence-corrected chi connectivity index (χ3v) is 837. The summed E-state index contributed by atoms with van der Waals surface area (Å²) in [4.78, 5) is 0. The molecule has 0 rings (SSSR count). The van der Waals surface area contributed by atoms with E-state index < -0.39 is 399 Å². The number of rotatable bonds is 57. The summed E-state index contributed by atoms with van der Waals surface area (Å²) >= 11 is 0. The standard InChI is InChI=1S/CH117NP116/c2-1-62(92(109(95(65(8)9)66(10)11)108(91(60)61-3)94(63(4)5)64(6)7)110(113(96(67(12)13)68(14)15)97(69(16)17)70(18)19)114(98(71(20)21)72(22)23)99(73(24)25)74(26)27)93(111(115(100(75(28)29)76(30)31)101(77(32)33)78(34)35)116(102(79(36)37)80(38)39)103(81(40)41)82(42)43)112(117(104(83(44)45)84(46)47)105(85(48)49)86(50)51)118(106(87(52)53)88(54)55)107(89(56)57)90(58)59/h61H,3-60H2. The summed E-state index contributed by atoms with van der Waals surface area (Å²) in [7, 11) is 219. The Balaban J connectivity index is 15.7. The Morgan fingerprint density at radius 1 is 0.119 bits per heavy atom. The molecule has 0 aromatic heterocycles. The van der Waals surface area contributed by atoms with Crippen LogP contribution in [0.4, 0.5) is 0 Å². The maximum absolute atomic E-state index is 16.3. The summed E-state index contributed by atoms with van der Waals surface area (Å²) in [5, 5.41) is 16.3. The van der Waals surface area contributed by atoms with E-state index in [4.69, 9.17) is 0 Å². The van der Waals surface area contributed by atoms with Gasteiger partial charge in [-0.2, -0.15) is 5.26 Å². The fourth-order valence-corrected chi connectivity index (χ4v) is 1730. The fraction of sp³-hybridized carbons (Fsp3) is 0. The molecule has 0 aromatic rings. The van der Waals surface area contributed by atoms with E-state index in [1.165, 1.54) is 0 Å². The smallest absolute Gasteiger partial charge is 0.0981 e. The molecule has 0 heterocycles. The first-order valence-electron chi connectivity index (χ1n) is 26.9. The van der Waals surface area contributed by atoms with Crippen LogP contribution in [0, 0.1) is 11.1 Å². The molecule has 0 aliphatic rings. The van der Waals surface area contributed by atoms with Crippen molar-refractivity contribution >= 4 is 924 Å². The Morgan fingerprint density at radius 2 is 0.195 bits per heavy atom. The predicted octanol–water partition coefficient (Wildman–Crippen LogP) is 68.6. The molecular formula is CH117NP116. The van der Waals surface area contributed by atoms with E-state index in [0.29, 0.717) is 0 Å². The first kappa shape index (κ1) is 167. The van der Waals surface area contributed by atoms with E-state index in [1.807, 2.05) is 0 Å². The quantitative estimate of drug-likeness (QED) is 0.0557. The molecule has 0 aliphatic carbocycles. The lowest BCUT2D eigenvalue weighted by molar-refractivity contribution is 1.57. The normalized spacial score (nSPS) is 15.9. The first-order valence-corrected chi connectivity index (χ1v) is 239. The molecule has 0 saturated heterocycles. The molecular weight excluding hydrogens is 3620 g/mol. The van der Waals surface area contributed by atoms with Crippen LogP contribution in [0.2, 0.25) is 0 Å². The Hall–Kier alpha value is 49.4. The third-order valence-electron chi connectivity index (χ3n) is 10.5. The predicted molar refractivity (Wildman–Crippen MR) is 972 cm³/mol. The average molecular weight is 3740 g/mol. The van der Waals surface area contributed by atoms with Crippen molar-refractivity contribution in [3.8, 4) is 5.81 Å². The zero-order valence-electron chi connectivity index (χ0n) is 60.4. The molecule has 0 amide bonds. The molecule has 64 atom stereocenters. The maximum Gasteiger partial charge on any atom is 0.0981 e. The Kier molecular flexibility index (Phi) is 131. The van der Waals surface area contributed by atoms with Crippen LogP contribution in [0.25, 0.3) is 0 Å². The second kappa shape index (κ2) is 92.0. The van der Waals surface area contributed by atoms with Gasteiger partial charge in [0.2, 0.25) is 0 Å². The molecule has 0 aromatic carbocycles. The van der Waals surface area contributed by atoms with Crippen molar-refractivity contribution in [2.45, 2.75) is 0 Å². The van der Waals surface area contributed by atoms with Crippen LogP contribution in [0.1, 0.15) is 0 Å². The molecule has 117 heteroatoms. The number of nitrogens with zero attached hydrogens (tertiary/aromatic N) is 1. The summed E-state index contributed by atoms with van der Waals surface area (Å²) in [6, 6.07) is 0. The topological polar surface area (TPSA) is 23.8 Å². The molecule has 1 nitrogen and oxygen atoms in total. The van der Waals surface area contributed by atoms with Crippen molar-refractivity contribution in [3.05, 3.63) is 0 Å². The second-order valence-electron chi connectivity index (χ2n) is 18.7. The summed E-state index contributed by atoms with van der Waals surface area (Å²) in [6.45, 7) is -33.9. The Bertz CT molecular complexity index is 2160. The van der Waals surface area contributed by atoms with E-state index in [-0.39, 0.29) is 0 Å². The van der Waals surface area contributed by atoms with Gasteiger partial charge in [0, 0.05) is 41.9 Å². The lowest BCUT2D eigenvalue weighted by Crippen LogP contribution is -1.78.